The Morgan fingerprint density at radius 2 is 1.88 bits per heavy atom. The highest BCUT2D eigenvalue weighted by molar-refractivity contribution is 6.30. The lowest BCUT2D eigenvalue weighted by atomic mass is 9.65. The number of hydrogen-bond acceptors (Lipinski definition) is 4. The summed E-state index contributed by atoms with van der Waals surface area (Å²) in [5, 5.41) is 19.1. The number of hydrogen-bond donors (Lipinski definition) is 2. The van der Waals surface area contributed by atoms with Gasteiger partial charge < -0.3 is 19.8 Å². The number of aliphatic hydroxyl groups excluding tert-OH is 1. The van der Waals surface area contributed by atoms with Crippen molar-refractivity contribution in [2.24, 2.45) is 11.3 Å². The Hall–Kier alpha value is -0.970. The quantitative estimate of drug-likeness (QED) is 0.808. The van der Waals surface area contributed by atoms with Gasteiger partial charge >= 0.3 is 0 Å². The fourth-order valence-electron chi connectivity index (χ4n) is 4.46. The molecule has 1 heterocycles. The number of benzene rings is 1. The number of aliphatic hydroxyl groups is 2. The van der Waals surface area contributed by atoms with Crippen molar-refractivity contribution in [1.29, 1.82) is 0 Å². The first-order valence-electron chi connectivity index (χ1n) is 8.96. The summed E-state index contributed by atoms with van der Waals surface area (Å²) in [5.74, 6) is 1.36. The van der Waals surface area contributed by atoms with Gasteiger partial charge in [-0.1, -0.05) is 11.6 Å². The van der Waals surface area contributed by atoms with Crippen molar-refractivity contribution in [2.45, 2.75) is 51.2 Å². The zero-order valence-corrected chi connectivity index (χ0v) is 15.1. The topological polar surface area (TPSA) is 52.9 Å². The Kier molecular flexibility index (Phi) is 5.58. The Bertz CT molecular complexity index is 546. The van der Waals surface area contributed by atoms with Gasteiger partial charge in [0.05, 0.1) is 12.8 Å². The molecule has 0 atom stereocenters. The van der Waals surface area contributed by atoms with Crippen molar-refractivity contribution in [2.75, 3.05) is 25.1 Å². The average molecular weight is 354 g/mol. The van der Waals surface area contributed by atoms with Gasteiger partial charge in [-0.25, -0.2) is 0 Å². The SMILES string of the molecule is COc1ccc(Cl)cc1N1CCC2(CCC(CC(O)O)CC2)CC1. The predicted molar refractivity (Wildman–Crippen MR) is 96.7 cm³/mol. The molecule has 2 aliphatic rings. The van der Waals surface area contributed by atoms with Crippen LogP contribution in [0.15, 0.2) is 18.2 Å². The van der Waals surface area contributed by atoms with E-state index in [1.54, 1.807) is 7.11 Å². The summed E-state index contributed by atoms with van der Waals surface area (Å²) in [6, 6.07) is 5.80. The van der Waals surface area contributed by atoms with E-state index in [2.05, 4.69) is 4.90 Å². The minimum atomic E-state index is -1.15. The van der Waals surface area contributed by atoms with Crippen LogP contribution in [0.3, 0.4) is 0 Å². The van der Waals surface area contributed by atoms with Gasteiger partial charge in [0.2, 0.25) is 0 Å². The molecule has 2 fully saturated rings. The molecule has 1 aromatic carbocycles. The van der Waals surface area contributed by atoms with Crippen LogP contribution in [-0.4, -0.2) is 36.7 Å². The highest BCUT2D eigenvalue weighted by atomic mass is 35.5. The van der Waals surface area contributed by atoms with E-state index < -0.39 is 6.29 Å². The standard InChI is InChI=1S/C19H28ClNO3/c1-24-17-3-2-15(20)13-16(17)21-10-8-19(9-11-21)6-4-14(5-7-19)12-18(22)23/h2-3,13-14,18,22-23H,4-12H2,1H3. The zero-order valence-electron chi connectivity index (χ0n) is 14.4. The third-order valence-corrected chi connectivity index (χ3v) is 6.25. The first-order valence-corrected chi connectivity index (χ1v) is 9.34. The van der Waals surface area contributed by atoms with Crippen LogP contribution in [0.1, 0.15) is 44.9 Å². The maximum atomic E-state index is 9.17. The third-order valence-electron chi connectivity index (χ3n) is 6.02. The van der Waals surface area contributed by atoms with E-state index in [1.807, 2.05) is 18.2 Å². The number of methoxy groups -OCH3 is 1. The molecule has 0 aromatic heterocycles. The maximum absolute atomic E-state index is 9.17. The molecule has 1 saturated carbocycles. The molecule has 1 aliphatic carbocycles. The molecule has 5 heteroatoms. The summed E-state index contributed by atoms with van der Waals surface area (Å²) in [6.45, 7) is 2.06. The smallest absolute Gasteiger partial charge is 0.151 e. The van der Waals surface area contributed by atoms with Gasteiger partial charge in [-0.05, 0) is 68.1 Å². The van der Waals surface area contributed by atoms with Gasteiger partial charge in [0, 0.05) is 24.5 Å². The number of halogens is 1. The predicted octanol–water partition coefficient (Wildman–Crippen LogP) is 3.83. The molecule has 1 spiro atoms. The molecule has 0 bridgehead atoms. The molecule has 134 valence electrons. The molecule has 0 amide bonds. The van der Waals surface area contributed by atoms with Gasteiger partial charge in [-0.3, -0.25) is 0 Å². The summed E-state index contributed by atoms with van der Waals surface area (Å²) in [6.07, 6.45) is 6.43. The van der Waals surface area contributed by atoms with E-state index in [0.29, 0.717) is 17.8 Å². The Morgan fingerprint density at radius 1 is 1.21 bits per heavy atom. The second-order valence-corrected chi connectivity index (χ2v) is 7.90. The highest BCUT2D eigenvalue weighted by Crippen LogP contribution is 2.48. The van der Waals surface area contributed by atoms with Gasteiger partial charge in [-0.2, -0.15) is 0 Å². The molecule has 2 N–H and O–H groups in total. The molecular formula is C19H28ClNO3. The molecule has 1 saturated heterocycles. The summed E-state index contributed by atoms with van der Waals surface area (Å²) >= 11 is 6.17. The Labute approximate surface area is 149 Å². The largest absolute Gasteiger partial charge is 0.495 e. The molecule has 0 unspecified atom stereocenters. The van der Waals surface area contributed by atoms with Crippen LogP contribution < -0.4 is 9.64 Å². The average Bonchev–Trinajstić information content (AvgIpc) is 2.57. The maximum Gasteiger partial charge on any atom is 0.151 e. The second kappa shape index (κ2) is 7.51. The van der Waals surface area contributed by atoms with Gasteiger partial charge in [-0.15, -0.1) is 0 Å². The fraction of sp³-hybridized carbons (Fsp3) is 0.684. The van der Waals surface area contributed by atoms with Crippen molar-refractivity contribution in [3.05, 3.63) is 23.2 Å². The lowest BCUT2D eigenvalue weighted by molar-refractivity contribution is -0.0633. The monoisotopic (exact) mass is 353 g/mol. The first-order chi connectivity index (χ1) is 11.5. The summed E-state index contributed by atoms with van der Waals surface area (Å²) in [7, 11) is 1.70. The second-order valence-electron chi connectivity index (χ2n) is 7.46. The number of ether oxygens (including phenoxy) is 1. The van der Waals surface area contributed by atoms with Crippen molar-refractivity contribution < 1.29 is 14.9 Å². The van der Waals surface area contributed by atoms with Crippen molar-refractivity contribution in [3.63, 3.8) is 0 Å². The Balaban J connectivity index is 1.60. The van der Waals surface area contributed by atoms with E-state index in [1.165, 1.54) is 25.7 Å². The van der Waals surface area contributed by atoms with Crippen LogP contribution in [0.4, 0.5) is 5.69 Å². The lowest BCUT2D eigenvalue weighted by Gasteiger charge is -2.47. The number of anilines is 1. The number of rotatable bonds is 4. The van der Waals surface area contributed by atoms with Gasteiger partial charge in [0.25, 0.3) is 0 Å². The Morgan fingerprint density at radius 3 is 2.46 bits per heavy atom. The lowest BCUT2D eigenvalue weighted by Crippen LogP contribution is -2.42. The van der Waals surface area contributed by atoms with Crippen LogP contribution in [0.2, 0.25) is 5.02 Å². The van der Waals surface area contributed by atoms with Crippen molar-refractivity contribution in [1.82, 2.24) is 0 Å². The molecule has 1 aliphatic heterocycles. The third kappa shape index (κ3) is 3.98. The van der Waals surface area contributed by atoms with E-state index in [0.717, 1.165) is 42.4 Å². The van der Waals surface area contributed by atoms with E-state index in [4.69, 9.17) is 26.6 Å². The number of piperidine rings is 1. The molecule has 3 rings (SSSR count). The minimum absolute atomic E-state index is 0.444. The number of nitrogens with zero attached hydrogens (tertiary/aromatic N) is 1. The highest BCUT2D eigenvalue weighted by Gasteiger charge is 2.38. The van der Waals surface area contributed by atoms with Crippen molar-refractivity contribution >= 4 is 17.3 Å². The van der Waals surface area contributed by atoms with E-state index >= 15 is 0 Å². The molecule has 1 aromatic rings. The molecule has 4 nitrogen and oxygen atoms in total. The fourth-order valence-corrected chi connectivity index (χ4v) is 4.62. The minimum Gasteiger partial charge on any atom is -0.495 e. The van der Waals surface area contributed by atoms with Crippen LogP contribution in [0.25, 0.3) is 0 Å². The normalized spacial score (nSPS) is 21.5. The van der Waals surface area contributed by atoms with Gasteiger partial charge in [0.1, 0.15) is 5.75 Å². The molecule has 0 radical (unpaired) electrons. The summed E-state index contributed by atoms with van der Waals surface area (Å²) < 4.78 is 5.49. The van der Waals surface area contributed by atoms with Crippen molar-refractivity contribution in [3.8, 4) is 5.75 Å². The zero-order chi connectivity index (χ0) is 17.2. The van der Waals surface area contributed by atoms with Gasteiger partial charge in [0.15, 0.2) is 6.29 Å². The van der Waals surface area contributed by atoms with Crippen LogP contribution >= 0.6 is 11.6 Å². The van der Waals surface area contributed by atoms with Crippen LogP contribution in [0, 0.1) is 11.3 Å². The molecule has 24 heavy (non-hydrogen) atoms. The first kappa shape index (κ1) is 17.8. The van der Waals surface area contributed by atoms with Crippen LogP contribution in [0.5, 0.6) is 5.75 Å². The molecular weight excluding hydrogens is 326 g/mol. The van der Waals surface area contributed by atoms with E-state index in [9.17, 15) is 0 Å². The van der Waals surface area contributed by atoms with E-state index in [-0.39, 0.29) is 0 Å². The summed E-state index contributed by atoms with van der Waals surface area (Å²) in [4.78, 5) is 2.39. The van der Waals surface area contributed by atoms with Crippen LogP contribution in [-0.2, 0) is 0 Å². The summed E-state index contributed by atoms with van der Waals surface area (Å²) in [5.41, 5.74) is 1.54.